The Morgan fingerprint density at radius 1 is 0.781 bits per heavy atom. The first-order chi connectivity index (χ1) is 15.7. The molecule has 0 atom stereocenters. The number of halogens is 1. The highest BCUT2D eigenvalue weighted by Crippen LogP contribution is 2.24. The maximum Gasteiger partial charge on any atom is 0.258 e. The number of hydrogen-bond acceptors (Lipinski definition) is 2. The number of benzene rings is 3. The molecule has 2 heterocycles. The van der Waals surface area contributed by atoms with Gasteiger partial charge in [0.15, 0.2) is 0 Å². The molecule has 0 spiro atoms. The summed E-state index contributed by atoms with van der Waals surface area (Å²) in [6.07, 6.45) is 5.40. The van der Waals surface area contributed by atoms with Crippen molar-refractivity contribution in [1.29, 1.82) is 0 Å². The molecule has 3 nitrogen and oxygen atoms in total. The smallest absolute Gasteiger partial charge is 0.258 e. The topological polar surface area (TPSA) is 25.2 Å². The van der Waals surface area contributed by atoms with Crippen LogP contribution in [0.4, 0.5) is 0 Å². The quantitative estimate of drug-likeness (QED) is 0.357. The van der Waals surface area contributed by atoms with Crippen molar-refractivity contribution in [3.63, 3.8) is 0 Å². The minimum Gasteiger partial charge on any atom is -0.315 e. The summed E-state index contributed by atoms with van der Waals surface area (Å²) in [4.78, 5) is 15.5. The fourth-order valence-electron chi connectivity index (χ4n) is 4.55. The largest absolute Gasteiger partial charge is 0.315 e. The van der Waals surface area contributed by atoms with Gasteiger partial charge < -0.3 is 4.57 Å². The average Bonchev–Trinajstić information content (AvgIpc) is 3.33. The van der Waals surface area contributed by atoms with Gasteiger partial charge >= 0.3 is 0 Å². The first-order valence-corrected chi connectivity index (χ1v) is 11.7. The van der Waals surface area contributed by atoms with Crippen molar-refractivity contribution >= 4 is 22.4 Å². The monoisotopic (exact) mass is 442 g/mol. The first kappa shape index (κ1) is 21.0. The van der Waals surface area contributed by atoms with Crippen molar-refractivity contribution in [3.8, 4) is 11.1 Å². The van der Waals surface area contributed by atoms with E-state index in [9.17, 15) is 4.79 Å². The normalized spacial score (nSPS) is 14.3. The minimum atomic E-state index is 0.0656. The number of rotatable bonds is 6. The molecule has 0 aliphatic carbocycles. The molecule has 1 saturated heterocycles. The maximum absolute atomic E-state index is 13.0. The Morgan fingerprint density at radius 3 is 2.22 bits per heavy atom. The second-order valence-electron chi connectivity index (χ2n) is 8.67. The lowest BCUT2D eigenvalue weighted by molar-refractivity contribution is 0.331. The second kappa shape index (κ2) is 9.32. The highest BCUT2D eigenvalue weighted by Gasteiger charge is 2.11. The molecule has 0 amide bonds. The zero-order chi connectivity index (χ0) is 21.9. The average molecular weight is 443 g/mol. The molecule has 1 aromatic heterocycles. The van der Waals surface area contributed by atoms with E-state index in [-0.39, 0.29) is 5.56 Å². The van der Waals surface area contributed by atoms with Gasteiger partial charge in [-0.2, -0.15) is 0 Å². The van der Waals surface area contributed by atoms with Crippen LogP contribution in [0.3, 0.4) is 0 Å². The second-order valence-corrected chi connectivity index (χ2v) is 9.11. The van der Waals surface area contributed by atoms with E-state index >= 15 is 0 Å². The van der Waals surface area contributed by atoms with Gasteiger partial charge in [0.25, 0.3) is 5.56 Å². The van der Waals surface area contributed by atoms with Crippen LogP contribution in [-0.4, -0.2) is 22.6 Å². The van der Waals surface area contributed by atoms with Gasteiger partial charge in [-0.15, -0.1) is 0 Å². The third-order valence-electron chi connectivity index (χ3n) is 6.42. The molecule has 0 N–H and O–H groups in total. The Bertz CT molecular complexity index is 1270. The summed E-state index contributed by atoms with van der Waals surface area (Å²) < 4.78 is 1.82. The lowest BCUT2D eigenvalue weighted by Gasteiger charge is -2.14. The summed E-state index contributed by atoms with van der Waals surface area (Å²) in [5.74, 6) is 0. The summed E-state index contributed by atoms with van der Waals surface area (Å²) in [5, 5.41) is 2.44. The van der Waals surface area contributed by atoms with Crippen LogP contribution in [-0.2, 0) is 19.5 Å². The Kier molecular flexibility index (Phi) is 6.11. The van der Waals surface area contributed by atoms with Gasteiger partial charge in [0.2, 0.25) is 0 Å². The molecule has 1 fully saturated rings. The van der Waals surface area contributed by atoms with E-state index in [1.807, 2.05) is 53.2 Å². The summed E-state index contributed by atoms with van der Waals surface area (Å²) in [7, 11) is 0. The van der Waals surface area contributed by atoms with Gasteiger partial charge in [-0.05, 0) is 90.3 Å². The number of hydrogen-bond donors (Lipinski definition) is 0. The van der Waals surface area contributed by atoms with Crippen molar-refractivity contribution in [1.82, 2.24) is 9.47 Å². The predicted octanol–water partition coefficient (Wildman–Crippen LogP) is 6.16. The summed E-state index contributed by atoms with van der Waals surface area (Å²) in [6.45, 7) is 4.16. The van der Waals surface area contributed by atoms with Crippen molar-refractivity contribution in [2.45, 2.75) is 32.4 Å². The molecule has 4 aromatic rings. The molecule has 0 unspecified atom stereocenters. The zero-order valence-electron chi connectivity index (χ0n) is 18.1. The highest BCUT2D eigenvalue weighted by atomic mass is 35.5. The van der Waals surface area contributed by atoms with Crippen LogP contribution in [0.2, 0.25) is 5.02 Å². The molecule has 4 heteroatoms. The zero-order valence-corrected chi connectivity index (χ0v) is 18.9. The number of aryl methyl sites for hydroxylation is 2. The fourth-order valence-corrected chi connectivity index (χ4v) is 4.67. The lowest BCUT2D eigenvalue weighted by Crippen LogP contribution is -2.20. The number of aromatic nitrogens is 1. The molecule has 3 aromatic carbocycles. The lowest BCUT2D eigenvalue weighted by atomic mass is 10.0. The van der Waals surface area contributed by atoms with Gasteiger partial charge in [-0.3, -0.25) is 9.69 Å². The third kappa shape index (κ3) is 4.64. The number of fused-ring (bicyclic) bond motifs is 1. The Labute approximate surface area is 193 Å². The molecule has 0 radical (unpaired) electrons. The molecule has 1 aliphatic rings. The van der Waals surface area contributed by atoms with Crippen LogP contribution in [0, 0.1) is 0 Å². The van der Waals surface area contributed by atoms with Gasteiger partial charge in [0, 0.05) is 29.7 Å². The van der Waals surface area contributed by atoms with E-state index < -0.39 is 0 Å². The van der Waals surface area contributed by atoms with E-state index in [1.165, 1.54) is 37.1 Å². The molecular formula is C28H27ClN2O. The number of nitrogens with zero attached hydrogens (tertiary/aromatic N) is 2. The van der Waals surface area contributed by atoms with E-state index in [1.54, 1.807) is 0 Å². The van der Waals surface area contributed by atoms with E-state index in [4.69, 9.17) is 11.6 Å². The van der Waals surface area contributed by atoms with Gasteiger partial charge in [-0.25, -0.2) is 0 Å². The Hall–Kier alpha value is -2.88. The predicted molar refractivity (Wildman–Crippen MR) is 133 cm³/mol. The van der Waals surface area contributed by atoms with E-state index in [0.29, 0.717) is 6.54 Å². The van der Waals surface area contributed by atoms with Crippen molar-refractivity contribution in [2.24, 2.45) is 0 Å². The highest BCUT2D eigenvalue weighted by molar-refractivity contribution is 6.30. The molecule has 5 rings (SSSR count). The fraction of sp³-hybridized carbons (Fsp3) is 0.250. The third-order valence-corrected chi connectivity index (χ3v) is 6.68. The summed E-state index contributed by atoms with van der Waals surface area (Å²) in [5.41, 5.74) is 4.88. The number of likely N-dealkylation sites (tertiary alicyclic amines) is 1. The van der Waals surface area contributed by atoms with Crippen LogP contribution in [0.1, 0.15) is 24.0 Å². The van der Waals surface area contributed by atoms with Crippen molar-refractivity contribution < 1.29 is 0 Å². The molecule has 0 bridgehead atoms. The van der Waals surface area contributed by atoms with Crippen LogP contribution >= 0.6 is 11.6 Å². The van der Waals surface area contributed by atoms with E-state index in [2.05, 4.69) is 35.2 Å². The SMILES string of the molecule is O=c1c2ccc(-c3ccc(Cl)cc3)cc2ccn1CCc1ccc(CN2CCCC2)cc1. The van der Waals surface area contributed by atoms with Crippen molar-refractivity contribution in [3.05, 3.63) is 105 Å². The summed E-state index contributed by atoms with van der Waals surface area (Å²) >= 11 is 6.00. The summed E-state index contributed by atoms with van der Waals surface area (Å²) in [6, 6.07) is 24.7. The molecule has 32 heavy (non-hydrogen) atoms. The van der Waals surface area contributed by atoms with Gasteiger partial charge in [0.05, 0.1) is 0 Å². The Morgan fingerprint density at radius 2 is 1.47 bits per heavy atom. The molecule has 1 aliphatic heterocycles. The van der Waals surface area contributed by atoms with Crippen LogP contribution in [0.25, 0.3) is 21.9 Å². The maximum atomic E-state index is 13.0. The molecule has 162 valence electrons. The standard InChI is InChI=1S/C28H27ClN2O/c29-26-10-7-23(8-11-26)24-9-12-27-25(19-24)14-18-31(28(27)32)17-13-21-3-5-22(6-4-21)20-30-15-1-2-16-30/h3-12,14,18-19H,1-2,13,15-17,20H2. The van der Waals surface area contributed by atoms with Crippen molar-refractivity contribution in [2.75, 3.05) is 13.1 Å². The van der Waals surface area contributed by atoms with Gasteiger partial charge in [0.1, 0.15) is 0 Å². The van der Waals surface area contributed by atoms with Crippen LogP contribution < -0.4 is 5.56 Å². The van der Waals surface area contributed by atoms with Crippen LogP contribution in [0.15, 0.2) is 83.8 Å². The van der Waals surface area contributed by atoms with Crippen LogP contribution in [0.5, 0.6) is 0 Å². The number of pyridine rings is 1. The Balaban J connectivity index is 1.29. The molecule has 0 saturated carbocycles. The first-order valence-electron chi connectivity index (χ1n) is 11.3. The van der Waals surface area contributed by atoms with E-state index in [0.717, 1.165) is 39.9 Å². The minimum absolute atomic E-state index is 0.0656. The van der Waals surface area contributed by atoms with Gasteiger partial charge in [-0.1, -0.05) is 54.1 Å². The molecular weight excluding hydrogens is 416 g/mol.